The number of thiophene rings is 1. The van der Waals surface area contributed by atoms with Crippen LogP contribution in [0.2, 0.25) is 0 Å². The van der Waals surface area contributed by atoms with Crippen molar-refractivity contribution < 1.29 is 19.4 Å². The molecule has 25 heavy (non-hydrogen) atoms. The highest BCUT2D eigenvalue weighted by Gasteiger charge is 2.29. The van der Waals surface area contributed by atoms with Crippen molar-refractivity contribution in [3.8, 4) is 16.3 Å². The first-order valence-electron chi connectivity index (χ1n) is 8.52. The fourth-order valence-electron chi connectivity index (χ4n) is 3.30. The summed E-state index contributed by atoms with van der Waals surface area (Å²) in [5, 5.41) is 11.4. The van der Waals surface area contributed by atoms with Gasteiger partial charge in [-0.3, -0.25) is 4.79 Å². The zero-order valence-corrected chi connectivity index (χ0v) is 15.3. The molecule has 0 unspecified atom stereocenters. The number of ether oxygens (including phenoxy) is 2. The summed E-state index contributed by atoms with van der Waals surface area (Å²) in [6.07, 6.45) is 3.47. The molecule has 2 aromatic rings. The van der Waals surface area contributed by atoms with Crippen LogP contribution in [0.15, 0.2) is 23.6 Å². The predicted octanol–water partition coefficient (Wildman–Crippen LogP) is 3.72. The Morgan fingerprint density at radius 1 is 1.36 bits per heavy atom. The molecule has 1 aliphatic carbocycles. The molecule has 0 amide bonds. The molecule has 1 saturated carbocycles. The fourth-order valence-corrected chi connectivity index (χ4v) is 4.18. The highest BCUT2D eigenvalue weighted by Crippen LogP contribution is 2.33. The van der Waals surface area contributed by atoms with Crippen molar-refractivity contribution in [2.24, 2.45) is 5.92 Å². The number of nitrogens with zero attached hydrogens (tertiary/aromatic N) is 1. The van der Waals surface area contributed by atoms with E-state index in [0.717, 1.165) is 46.8 Å². The zero-order valence-electron chi connectivity index (χ0n) is 14.5. The number of carbonyl (C=O) groups excluding carboxylic acids is 1. The minimum atomic E-state index is -0.146. The van der Waals surface area contributed by atoms with Gasteiger partial charge in [0.15, 0.2) is 0 Å². The second kappa shape index (κ2) is 7.97. The topological polar surface area (TPSA) is 68.7 Å². The number of aliphatic hydroxyl groups excluding tert-OH is 1. The maximum Gasteiger partial charge on any atom is 0.308 e. The molecule has 2 aromatic heterocycles. The lowest BCUT2D eigenvalue weighted by atomic mass is 9.87. The van der Waals surface area contributed by atoms with Crippen molar-refractivity contribution in [1.82, 2.24) is 4.98 Å². The lowest BCUT2D eigenvalue weighted by Crippen LogP contribution is -2.30. The molecule has 0 radical (unpaired) electrons. The first-order valence-corrected chi connectivity index (χ1v) is 9.40. The van der Waals surface area contributed by atoms with Crippen LogP contribution >= 0.6 is 11.3 Å². The molecule has 0 aromatic carbocycles. The van der Waals surface area contributed by atoms with Crippen LogP contribution < -0.4 is 4.74 Å². The number of hydrogen-bond donors (Lipinski definition) is 1. The molecule has 5 nitrogen and oxygen atoms in total. The SMILES string of the molecule is COC(=O)[C@H]1CCC[C@H](Oc2ccc(-c3sccc3CO)nc2C)C1. The summed E-state index contributed by atoms with van der Waals surface area (Å²) >= 11 is 1.57. The van der Waals surface area contributed by atoms with Gasteiger partial charge in [0.2, 0.25) is 0 Å². The zero-order chi connectivity index (χ0) is 17.8. The third kappa shape index (κ3) is 4.02. The number of aryl methyl sites for hydroxylation is 1. The molecule has 0 spiro atoms. The largest absolute Gasteiger partial charge is 0.489 e. The molecule has 0 saturated heterocycles. The maximum absolute atomic E-state index is 11.8. The van der Waals surface area contributed by atoms with E-state index in [4.69, 9.17) is 9.47 Å². The molecule has 134 valence electrons. The number of methoxy groups -OCH3 is 1. The van der Waals surface area contributed by atoms with Gasteiger partial charge in [-0.25, -0.2) is 4.98 Å². The van der Waals surface area contributed by atoms with Crippen LogP contribution in [-0.4, -0.2) is 29.3 Å². The van der Waals surface area contributed by atoms with E-state index in [1.165, 1.54) is 7.11 Å². The molecule has 2 heterocycles. The van der Waals surface area contributed by atoms with Crippen molar-refractivity contribution in [2.75, 3.05) is 7.11 Å². The second-order valence-corrected chi connectivity index (χ2v) is 7.26. The minimum Gasteiger partial charge on any atom is -0.489 e. The average molecular weight is 361 g/mol. The highest BCUT2D eigenvalue weighted by molar-refractivity contribution is 7.13. The summed E-state index contributed by atoms with van der Waals surface area (Å²) in [6.45, 7) is 1.93. The molecule has 0 aliphatic heterocycles. The van der Waals surface area contributed by atoms with Crippen LogP contribution in [0.1, 0.15) is 36.9 Å². The van der Waals surface area contributed by atoms with Gasteiger partial charge in [-0.15, -0.1) is 11.3 Å². The van der Waals surface area contributed by atoms with Gasteiger partial charge in [0.05, 0.1) is 42.0 Å². The lowest BCUT2D eigenvalue weighted by Gasteiger charge is -2.28. The van der Waals surface area contributed by atoms with Gasteiger partial charge in [0, 0.05) is 0 Å². The van der Waals surface area contributed by atoms with Crippen LogP contribution in [0.4, 0.5) is 0 Å². The maximum atomic E-state index is 11.8. The standard InChI is InChI=1S/C19H23NO4S/c1-12-17(24-15-5-3-4-13(10-15)19(22)23-2)7-6-16(20-12)18-14(11-21)8-9-25-18/h6-9,13,15,21H,3-5,10-11H2,1-2H3/t13-,15-/m0/s1. The van der Waals surface area contributed by atoms with E-state index in [1.807, 2.05) is 30.5 Å². The summed E-state index contributed by atoms with van der Waals surface area (Å²) in [5.41, 5.74) is 2.55. The van der Waals surface area contributed by atoms with Gasteiger partial charge < -0.3 is 14.6 Å². The fraction of sp³-hybridized carbons (Fsp3) is 0.474. The van der Waals surface area contributed by atoms with Crippen LogP contribution in [0.25, 0.3) is 10.6 Å². The van der Waals surface area contributed by atoms with Gasteiger partial charge in [0.1, 0.15) is 5.75 Å². The molecular formula is C19H23NO4S. The molecule has 6 heteroatoms. The quantitative estimate of drug-likeness (QED) is 0.822. The Kier molecular flexibility index (Phi) is 5.71. The van der Waals surface area contributed by atoms with E-state index in [2.05, 4.69) is 4.98 Å². The van der Waals surface area contributed by atoms with Gasteiger partial charge in [-0.1, -0.05) is 0 Å². The van der Waals surface area contributed by atoms with Crippen LogP contribution in [0.5, 0.6) is 5.75 Å². The highest BCUT2D eigenvalue weighted by atomic mass is 32.1. The molecule has 0 bridgehead atoms. The summed E-state index contributed by atoms with van der Waals surface area (Å²) < 4.78 is 11.0. The molecule has 3 rings (SSSR count). The van der Waals surface area contributed by atoms with Crippen LogP contribution in [0, 0.1) is 12.8 Å². The Labute approximate surface area is 151 Å². The van der Waals surface area contributed by atoms with Gasteiger partial charge in [-0.2, -0.15) is 0 Å². The van der Waals surface area contributed by atoms with E-state index in [-0.39, 0.29) is 24.6 Å². The van der Waals surface area contributed by atoms with Crippen molar-refractivity contribution in [3.05, 3.63) is 34.8 Å². The first kappa shape index (κ1) is 17.9. The number of hydrogen-bond acceptors (Lipinski definition) is 6. The van der Waals surface area contributed by atoms with E-state index >= 15 is 0 Å². The Bertz CT molecular complexity index is 743. The molecular weight excluding hydrogens is 338 g/mol. The molecule has 1 fully saturated rings. The van der Waals surface area contributed by atoms with Crippen LogP contribution in [-0.2, 0) is 16.1 Å². The number of pyridine rings is 1. The lowest BCUT2D eigenvalue weighted by molar-refractivity contribution is -0.147. The molecule has 2 atom stereocenters. The number of aromatic nitrogens is 1. The molecule has 1 N–H and O–H groups in total. The summed E-state index contributed by atoms with van der Waals surface area (Å²) in [7, 11) is 1.44. The number of rotatable bonds is 5. The predicted molar refractivity (Wildman–Crippen MR) is 96.6 cm³/mol. The molecule has 1 aliphatic rings. The number of esters is 1. The normalized spacial score (nSPS) is 20.3. The number of aliphatic hydroxyl groups is 1. The minimum absolute atomic E-state index is 0.00873. The van der Waals surface area contributed by atoms with Gasteiger partial charge in [0.25, 0.3) is 0 Å². The van der Waals surface area contributed by atoms with Crippen molar-refractivity contribution in [2.45, 2.75) is 45.3 Å². The number of carbonyl (C=O) groups is 1. The smallest absolute Gasteiger partial charge is 0.308 e. The van der Waals surface area contributed by atoms with Crippen molar-refractivity contribution in [3.63, 3.8) is 0 Å². The van der Waals surface area contributed by atoms with Crippen molar-refractivity contribution >= 4 is 17.3 Å². The summed E-state index contributed by atoms with van der Waals surface area (Å²) in [4.78, 5) is 17.4. The Morgan fingerprint density at radius 3 is 2.92 bits per heavy atom. The van der Waals surface area contributed by atoms with Crippen molar-refractivity contribution in [1.29, 1.82) is 0 Å². The van der Waals surface area contributed by atoms with E-state index in [0.29, 0.717) is 6.42 Å². The van der Waals surface area contributed by atoms with E-state index in [9.17, 15) is 9.90 Å². The Balaban J connectivity index is 1.72. The summed E-state index contributed by atoms with van der Waals surface area (Å²) in [5.74, 6) is 0.531. The Hall–Kier alpha value is -1.92. The van der Waals surface area contributed by atoms with Gasteiger partial charge >= 0.3 is 5.97 Å². The third-order valence-corrected chi connectivity index (χ3v) is 5.62. The summed E-state index contributed by atoms with van der Waals surface area (Å²) in [6, 6.07) is 5.77. The van der Waals surface area contributed by atoms with Crippen LogP contribution in [0.3, 0.4) is 0 Å². The monoisotopic (exact) mass is 361 g/mol. The van der Waals surface area contributed by atoms with E-state index in [1.54, 1.807) is 11.3 Å². The van der Waals surface area contributed by atoms with E-state index < -0.39 is 0 Å². The van der Waals surface area contributed by atoms with Gasteiger partial charge in [-0.05, 0) is 61.7 Å². The Morgan fingerprint density at radius 2 is 2.20 bits per heavy atom. The second-order valence-electron chi connectivity index (χ2n) is 6.34. The first-order chi connectivity index (χ1) is 12.1. The average Bonchev–Trinajstić information content (AvgIpc) is 3.11. The third-order valence-electron chi connectivity index (χ3n) is 4.64.